The molecule has 2 N–H and O–H groups in total. The van der Waals surface area contributed by atoms with E-state index in [2.05, 4.69) is 10.3 Å². The summed E-state index contributed by atoms with van der Waals surface area (Å²) in [7, 11) is 0. The molecule has 0 aliphatic carbocycles. The van der Waals surface area contributed by atoms with Crippen molar-refractivity contribution in [1.82, 2.24) is 9.88 Å². The molecule has 0 saturated carbocycles. The van der Waals surface area contributed by atoms with Gasteiger partial charge in [-0.15, -0.1) is 0 Å². The van der Waals surface area contributed by atoms with Gasteiger partial charge >= 0.3 is 6.09 Å². The molecular formula is C16H24N4O3. The molecule has 7 heteroatoms. The van der Waals surface area contributed by atoms with Gasteiger partial charge in [-0.05, 0) is 39.7 Å². The van der Waals surface area contributed by atoms with E-state index in [1.807, 2.05) is 31.7 Å². The fraction of sp³-hybridized carbons (Fsp3) is 0.625. The van der Waals surface area contributed by atoms with E-state index in [0.717, 1.165) is 24.2 Å². The number of likely N-dealkylation sites (tertiary alicyclic amines) is 1. The Morgan fingerprint density at radius 2 is 2.09 bits per heavy atom. The second-order valence-electron chi connectivity index (χ2n) is 7.02. The molecule has 126 valence electrons. The average molecular weight is 320 g/mol. The van der Waals surface area contributed by atoms with Gasteiger partial charge in [0.15, 0.2) is 0 Å². The second-order valence-corrected chi connectivity index (χ2v) is 7.02. The van der Waals surface area contributed by atoms with Gasteiger partial charge in [0, 0.05) is 25.3 Å². The standard InChI is InChI=1S/C16H24N4O3/c1-16(2,3)23-15(22)19-8-5-11(6-9-19)20-13-4-7-17-10-12(13)18-14(20)21/h4,7,10-11,14,18,21H,5-6,8-9H2,1-3H3. The van der Waals surface area contributed by atoms with Crippen molar-refractivity contribution >= 4 is 17.5 Å². The van der Waals surface area contributed by atoms with E-state index in [9.17, 15) is 9.90 Å². The fourth-order valence-corrected chi connectivity index (χ4v) is 3.11. The summed E-state index contributed by atoms with van der Waals surface area (Å²) in [6.45, 7) is 6.87. The minimum atomic E-state index is -0.743. The van der Waals surface area contributed by atoms with Crippen molar-refractivity contribution in [3.63, 3.8) is 0 Å². The van der Waals surface area contributed by atoms with Crippen molar-refractivity contribution in [2.24, 2.45) is 0 Å². The van der Waals surface area contributed by atoms with Gasteiger partial charge < -0.3 is 25.0 Å². The summed E-state index contributed by atoms with van der Waals surface area (Å²) in [6, 6.07) is 2.08. The van der Waals surface area contributed by atoms with Crippen LogP contribution in [-0.2, 0) is 4.74 Å². The Morgan fingerprint density at radius 1 is 1.39 bits per heavy atom. The summed E-state index contributed by atoms with van der Waals surface area (Å²) >= 11 is 0. The average Bonchev–Trinajstić information content (AvgIpc) is 2.81. The molecule has 23 heavy (non-hydrogen) atoms. The van der Waals surface area contributed by atoms with E-state index in [1.54, 1.807) is 17.3 Å². The summed E-state index contributed by atoms with van der Waals surface area (Å²) in [4.78, 5) is 19.9. The van der Waals surface area contributed by atoms with Crippen molar-refractivity contribution in [1.29, 1.82) is 0 Å². The quantitative estimate of drug-likeness (QED) is 0.824. The molecule has 1 amide bonds. The molecule has 1 saturated heterocycles. The third-order valence-electron chi connectivity index (χ3n) is 4.13. The molecule has 2 aliphatic rings. The molecule has 0 radical (unpaired) electrons. The first-order chi connectivity index (χ1) is 10.8. The third-order valence-corrected chi connectivity index (χ3v) is 4.13. The highest BCUT2D eigenvalue weighted by molar-refractivity contribution is 5.75. The Balaban J connectivity index is 1.62. The zero-order chi connectivity index (χ0) is 16.6. The van der Waals surface area contributed by atoms with E-state index in [-0.39, 0.29) is 12.1 Å². The van der Waals surface area contributed by atoms with Crippen molar-refractivity contribution in [2.45, 2.75) is 51.6 Å². The van der Waals surface area contributed by atoms with Crippen LogP contribution < -0.4 is 10.2 Å². The van der Waals surface area contributed by atoms with Crippen LogP contribution in [-0.4, -0.2) is 52.2 Å². The van der Waals surface area contributed by atoms with E-state index >= 15 is 0 Å². The Hall–Kier alpha value is -2.02. The number of hydrogen-bond acceptors (Lipinski definition) is 6. The molecule has 1 aromatic rings. The van der Waals surface area contributed by atoms with E-state index < -0.39 is 12.0 Å². The number of carbonyl (C=O) groups is 1. The van der Waals surface area contributed by atoms with Crippen molar-refractivity contribution in [3.8, 4) is 0 Å². The van der Waals surface area contributed by atoms with Crippen LogP contribution in [0, 0.1) is 0 Å². The van der Waals surface area contributed by atoms with E-state index in [1.165, 1.54) is 0 Å². The van der Waals surface area contributed by atoms with Crippen LogP contribution in [0.5, 0.6) is 0 Å². The van der Waals surface area contributed by atoms with Crippen molar-refractivity contribution in [3.05, 3.63) is 18.5 Å². The zero-order valence-corrected chi connectivity index (χ0v) is 13.8. The number of nitrogens with one attached hydrogen (secondary N) is 1. The van der Waals surface area contributed by atoms with Gasteiger partial charge in [-0.3, -0.25) is 4.98 Å². The SMILES string of the molecule is CC(C)(C)OC(=O)N1CCC(N2c3ccncc3NC2O)CC1. The van der Waals surface area contributed by atoms with Crippen LogP contribution in [0.1, 0.15) is 33.6 Å². The molecule has 1 fully saturated rings. The van der Waals surface area contributed by atoms with Gasteiger partial charge in [0.2, 0.25) is 6.35 Å². The molecule has 2 aliphatic heterocycles. The molecular weight excluding hydrogens is 296 g/mol. The maximum absolute atomic E-state index is 12.1. The lowest BCUT2D eigenvalue weighted by atomic mass is 10.0. The number of aliphatic hydroxyl groups excluding tert-OH is 1. The van der Waals surface area contributed by atoms with Gasteiger partial charge in [-0.25, -0.2) is 4.79 Å². The second kappa shape index (κ2) is 5.88. The van der Waals surface area contributed by atoms with Crippen molar-refractivity contribution in [2.75, 3.05) is 23.3 Å². The lowest BCUT2D eigenvalue weighted by Crippen LogP contribution is -2.51. The highest BCUT2D eigenvalue weighted by atomic mass is 16.6. The van der Waals surface area contributed by atoms with Gasteiger partial charge in [-0.1, -0.05) is 0 Å². The lowest BCUT2D eigenvalue weighted by Gasteiger charge is -2.39. The Kier molecular flexibility index (Phi) is 4.06. The number of rotatable bonds is 1. The number of amides is 1. The summed E-state index contributed by atoms with van der Waals surface area (Å²) in [5.41, 5.74) is 1.33. The van der Waals surface area contributed by atoms with E-state index in [4.69, 9.17) is 4.74 Å². The Labute approximate surface area is 136 Å². The maximum Gasteiger partial charge on any atom is 0.410 e. The minimum absolute atomic E-state index is 0.180. The van der Waals surface area contributed by atoms with Crippen LogP contribution in [0.3, 0.4) is 0 Å². The Bertz CT molecular complexity index is 579. The number of nitrogens with zero attached hydrogens (tertiary/aromatic N) is 3. The molecule has 1 unspecified atom stereocenters. The summed E-state index contributed by atoms with van der Waals surface area (Å²) in [5.74, 6) is 0. The molecule has 0 spiro atoms. The zero-order valence-electron chi connectivity index (χ0n) is 13.8. The minimum Gasteiger partial charge on any atom is -0.444 e. The predicted molar refractivity (Wildman–Crippen MR) is 87.2 cm³/mol. The first kappa shape index (κ1) is 15.9. The summed E-state index contributed by atoms with van der Waals surface area (Å²) in [6.07, 6.45) is 4.02. The number of aromatic nitrogens is 1. The topological polar surface area (TPSA) is 77.9 Å². The number of fused-ring (bicyclic) bond motifs is 1. The lowest BCUT2D eigenvalue weighted by molar-refractivity contribution is 0.0198. The molecule has 1 atom stereocenters. The number of ether oxygens (including phenoxy) is 1. The molecule has 1 aromatic heterocycles. The number of pyridine rings is 1. The van der Waals surface area contributed by atoms with Crippen LogP contribution >= 0.6 is 0 Å². The maximum atomic E-state index is 12.1. The Morgan fingerprint density at radius 3 is 2.74 bits per heavy atom. The van der Waals surface area contributed by atoms with Gasteiger partial charge in [0.25, 0.3) is 0 Å². The van der Waals surface area contributed by atoms with Crippen LogP contribution in [0.25, 0.3) is 0 Å². The predicted octanol–water partition coefficient (Wildman–Crippen LogP) is 1.99. The first-order valence-corrected chi connectivity index (χ1v) is 8.00. The van der Waals surface area contributed by atoms with Crippen LogP contribution in [0.2, 0.25) is 0 Å². The highest BCUT2D eigenvalue weighted by Crippen LogP contribution is 2.36. The number of anilines is 2. The molecule has 3 heterocycles. The number of aliphatic hydroxyl groups is 1. The third kappa shape index (κ3) is 3.34. The first-order valence-electron chi connectivity index (χ1n) is 8.00. The molecule has 7 nitrogen and oxygen atoms in total. The summed E-state index contributed by atoms with van der Waals surface area (Å²) < 4.78 is 5.42. The largest absolute Gasteiger partial charge is 0.444 e. The molecule has 3 rings (SSSR count). The number of carbonyl (C=O) groups excluding carboxylic acids is 1. The van der Waals surface area contributed by atoms with Gasteiger partial charge in [0.1, 0.15) is 5.60 Å². The van der Waals surface area contributed by atoms with E-state index in [0.29, 0.717) is 13.1 Å². The normalized spacial score (nSPS) is 21.8. The summed E-state index contributed by atoms with van der Waals surface area (Å²) in [5, 5.41) is 13.3. The smallest absolute Gasteiger partial charge is 0.410 e. The highest BCUT2D eigenvalue weighted by Gasteiger charge is 2.36. The number of hydrogen-bond donors (Lipinski definition) is 2. The van der Waals surface area contributed by atoms with Gasteiger partial charge in [-0.2, -0.15) is 0 Å². The number of piperidine rings is 1. The van der Waals surface area contributed by atoms with Crippen LogP contribution in [0.15, 0.2) is 18.5 Å². The fourth-order valence-electron chi connectivity index (χ4n) is 3.11. The van der Waals surface area contributed by atoms with Crippen molar-refractivity contribution < 1.29 is 14.6 Å². The molecule has 0 aromatic carbocycles. The van der Waals surface area contributed by atoms with Crippen LogP contribution in [0.4, 0.5) is 16.2 Å². The molecule has 0 bridgehead atoms. The monoisotopic (exact) mass is 320 g/mol. The van der Waals surface area contributed by atoms with Gasteiger partial charge in [0.05, 0.1) is 17.6 Å².